The number of piperazine rings is 1. The Kier molecular flexibility index (Phi) is 5.30. The molecule has 3 rings (SSSR count). The maximum atomic E-state index is 14.0. The summed E-state index contributed by atoms with van der Waals surface area (Å²) in [5.74, 6) is -0.204. The molecule has 0 unspecified atom stereocenters. The van der Waals surface area contributed by atoms with E-state index in [1.165, 1.54) is 37.3 Å². The lowest BCUT2D eigenvalue weighted by atomic mass is 10.1. The second-order valence-corrected chi connectivity index (χ2v) is 6.22. The first-order valence-electron chi connectivity index (χ1n) is 8.56. The van der Waals surface area contributed by atoms with E-state index in [1.807, 2.05) is 0 Å². The quantitative estimate of drug-likeness (QED) is 0.828. The number of carbonyl (C=O) groups is 2. The Morgan fingerprint density at radius 1 is 1.07 bits per heavy atom. The van der Waals surface area contributed by atoms with E-state index in [1.54, 1.807) is 36.1 Å². The summed E-state index contributed by atoms with van der Waals surface area (Å²) in [5.41, 5.74) is 0.592. The summed E-state index contributed by atoms with van der Waals surface area (Å²) in [7, 11) is 3.07. The van der Waals surface area contributed by atoms with Crippen molar-refractivity contribution in [3.05, 3.63) is 53.8 Å². The van der Waals surface area contributed by atoms with E-state index in [0.717, 1.165) is 0 Å². The molecule has 1 atom stereocenters. The fraction of sp³-hybridized carbons (Fsp3) is 0.300. The number of halogens is 1. The number of carbonyl (C=O) groups excluding carboxylic acids is 2. The molecule has 0 spiro atoms. The number of benzene rings is 2. The smallest absolute Gasteiger partial charge is 0.257 e. The largest absolute Gasteiger partial charge is 0.497 e. The molecule has 0 radical (unpaired) electrons. The van der Waals surface area contributed by atoms with Crippen LogP contribution in [0.5, 0.6) is 11.5 Å². The van der Waals surface area contributed by atoms with E-state index >= 15 is 0 Å². The molecule has 0 aliphatic carbocycles. The third-order valence-electron chi connectivity index (χ3n) is 4.67. The van der Waals surface area contributed by atoms with Crippen molar-refractivity contribution in [1.29, 1.82) is 0 Å². The first-order valence-corrected chi connectivity index (χ1v) is 8.56. The van der Waals surface area contributed by atoms with Gasteiger partial charge in [-0.25, -0.2) is 4.39 Å². The second kappa shape index (κ2) is 7.65. The third kappa shape index (κ3) is 3.58. The van der Waals surface area contributed by atoms with Gasteiger partial charge in [-0.15, -0.1) is 0 Å². The van der Waals surface area contributed by atoms with Gasteiger partial charge >= 0.3 is 0 Å². The van der Waals surface area contributed by atoms with Gasteiger partial charge in [0.2, 0.25) is 5.91 Å². The van der Waals surface area contributed by atoms with Gasteiger partial charge in [0.05, 0.1) is 25.5 Å². The first kappa shape index (κ1) is 18.7. The monoisotopic (exact) mass is 372 g/mol. The predicted octanol–water partition coefficient (Wildman–Crippen LogP) is 2.72. The molecule has 1 heterocycles. The Bertz CT molecular complexity index is 849. The van der Waals surface area contributed by atoms with Crippen LogP contribution in [0.4, 0.5) is 10.1 Å². The molecular weight excluding hydrogens is 351 g/mol. The summed E-state index contributed by atoms with van der Waals surface area (Å²) in [4.78, 5) is 28.6. The molecule has 0 aromatic heterocycles. The number of anilines is 1. The minimum absolute atomic E-state index is 0.0337. The molecule has 1 fully saturated rings. The lowest BCUT2D eigenvalue weighted by Gasteiger charge is -2.39. The minimum Gasteiger partial charge on any atom is -0.497 e. The van der Waals surface area contributed by atoms with Crippen LogP contribution in [0.3, 0.4) is 0 Å². The first-order chi connectivity index (χ1) is 13.0. The number of amides is 2. The van der Waals surface area contributed by atoms with Crippen molar-refractivity contribution >= 4 is 17.5 Å². The van der Waals surface area contributed by atoms with Crippen LogP contribution >= 0.6 is 0 Å². The molecule has 0 saturated carbocycles. The van der Waals surface area contributed by atoms with Crippen LogP contribution < -0.4 is 14.4 Å². The van der Waals surface area contributed by atoms with Gasteiger partial charge < -0.3 is 19.3 Å². The average Bonchev–Trinajstić information content (AvgIpc) is 2.69. The zero-order valence-corrected chi connectivity index (χ0v) is 15.4. The van der Waals surface area contributed by atoms with E-state index in [0.29, 0.717) is 30.3 Å². The number of methoxy groups -OCH3 is 2. The highest BCUT2D eigenvalue weighted by Crippen LogP contribution is 2.30. The molecule has 2 aromatic carbocycles. The number of ether oxygens (including phenoxy) is 2. The summed E-state index contributed by atoms with van der Waals surface area (Å²) in [6.45, 7) is 2.23. The number of nitrogens with zero attached hydrogens (tertiary/aromatic N) is 2. The van der Waals surface area contributed by atoms with Gasteiger partial charge in [0.15, 0.2) is 0 Å². The van der Waals surface area contributed by atoms with E-state index in [2.05, 4.69) is 0 Å². The molecule has 6 nitrogen and oxygen atoms in total. The van der Waals surface area contributed by atoms with Crippen LogP contribution in [-0.2, 0) is 4.79 Å². The van der Waals surface area contributed by atoms with Crippen molar-refractivity contribution in [2.24, 2.45) is 0 Å². The van der Waals surface area contributed by atoms with Gasteiger partial charge in [-0.05, 0) is 19.1 Å². The molecule has 27 heavy (non-hydrogen) atoms. The third-order valence-corrected chi connectivity index (χ3v) is 4.67. The molecule has 7 heteroatoms. The highest BCUT2D eigenvalue weighted by Gasteiger charge is 2.36. The lowest BCUT2D eigenvalue weighted by molar-refractivity contribution is -0.124. The molecule has 2 amide bonds. The molecule has 1 aliphatic heterocycles. The van der Waals surface area contributed by atoms with Crippen LogP contribution in [0.2, 0.25) is 0 Å². The molecular formula is C20H21FN2O4. The molecule has 0 bridgehead atoms. The summed E-state index contributed by atoms with van der Waals surface area (Å²) in [6, 6.07) is 10.3. The van der Waals surface area contributed by atoms with Gasteiger partial charge in [0.25, 0.3) is 5.91 Å². The Morgan fingerprint density at radius 3 is 2.30 bits per heavy atom. The number of hydrogen-bond donors (Lipinski definition) is 0. The maximum Gasteiger partial charge on any atom is 0.257 e. The fourth-order valence-corrected chi connectivity index (χ4v) is 3.14. The van der Waals surface area contributed by atoms with Crippen LogP contribution in [0.15, 0.2) is 42.5 Å². The van der Waals surface area contributed by atoms with Crippen molar-refractivity contribution in [2.45, 2.75) is 13.0 Å². The van der Waals surface area contributed by atoms with E-state index < -0.39 is 17.8 Å². The predicted molar refractivity (Wildman–Crippen MR) is 98.8 cm³/mol. The SMILES string of the molecule is COc1cc(OC)cc(N2CCN(C(=O)c3ccccc3F)[C@H](C)C2=O)c1. The standard InChI is InChI=1S/C20H21FN2O4/c1-13-19(24)23(14-10-15(26-2)12-16(11-14)27-3)9-8-22(13)20(25)17-6-4-5-7-18(17)21/h4-7,10-13H,8-9H2,1-3H3/t13-/m1/s1. The van der Waals surface area contributed by atoms with Crippen molar-refractivity contribution in [2.75, 3.05) is 32.2 Å². The summed E-state index contributed by atoms with van der Waals surface area (Å²) in [5, 5.41) is 0. The van der Waals surface area contributed by atoms with Crippen molar-refractivity contribution in [3.63, 3.8) is 0 Å². The molecule has 0 N–H and O–H groups in total. The van der Waals surface area contributed by atoms with Gasteiger partial charge in [-0.1, -0.05) is 12.1 Å². The Balaban J connectivity index is 1.85. The number of rotatable bonds is 4. The Hall–Kier alpha value is -3.09. The van der Waals surface area contributed by atoms with E-state index in [-0.39, 0.29) is 11.5 Å². The molecule has 142 valence electrons. The molecule has 2 aromatic rings. The second-order valence-electron chi connectivity index (χ2n) is 6.22. The molecule has 1 saturated heterocycles. The molecule has 1 aliphatic rings. The lowest BCUT2D eigenvalue weighted by Crippen LogP contribution is -2.57. The van der Waals surface area contributed by atoms with Gasteiger partial charge in [0.1, 0.15) is 23.4 Å². The van der Waals surface area contributed by atoms with E-state index in [4.69, 9.17) is 9.47 Å². The average molecular weight is 372 g/mol. The van der Waals surface area contributed by atoms with E-state index in [9.17, 15) is 14.0 Å². The summed E-state index contributed by atoms with van der Waals surface area (Å²) < 4.78 is 24.5. The minimum atomic E-state index is -0.719. The number of hydrogen-bond acceptors (Lipinski definition) is 4. The van der Waals surface area contributed by atoms with Crippen LogP contribution in [-0.4, -0.2) is 50.1 Å². The van der Waals surface area contributed by atoms with Crippen molar-refractivity contribution in [3.8, 4) is 11.5 Å². The Morgan fingerprint density at radius 2 is 1.70 bits per heavy atom. The zero-order chi connectivity index (χ0) is 19.6. The van der Waals surface area contributed by atoms with Gasteiger partial charge in [-0.3, -0.25) is 9.59 Å². The zero-order valence-electron chi connectivity index (χ0n) is 15.4. The Labute approximate surface area is 157 Å². The summed E-state index contributed by atoms with van der Waals surface area (Å²) >= 11 is 0. The van der Waals surface area contributed by atoms with Gasteiger partial charge in [0, 0.05) is 31.3 Å². The van der Waals surface area contributed by atoms with Crippen LogP contribution in [0.1, 0.15) is 17.3 Å². The van der Waals surface area contributed by atoms with Gasteiger partial charge in [-0.2, -0.15) is 0 Å². The van der Waals surface area contributed by atoms with Crippen molar-refractivity contribution in [1.82, 2.24) is 4.90 Å². The maximum absolute atomic E-state index is 14.0. The normalized spacial score (nSPS) is 17.0. The van der Waals surface area contributed by atoms with Crippen LogP contribution in [0, 0.1) is 5.82 Å². The summed E-state index contributed by atoms with van der Waals surface area (Å²) in [6.07, 6.45) is 0. The highest BCUT2D eigenvalue weighted by atomic mass is 19.1. The highest BCUT2D eigenvalue weighted by molar-refractivity contribution is 6.03. The topological polar surface area (TPSA) is 59.1 Å². The van der Waals surface area contributed by atoms with Crippen LogP contribution in [0.25, 0.3) is 0 Å². The fourth-order valence-electron chi connectivity index (χ4n) is 3.14. The van der Waals surface area contributed by atoms with Crippen molar-refractivity contribution < 1.29 is 23.5 Å².